The zero-order chi connectivity index (χ0) is 22.6. The van der Waals surface area contributed by atoms with Crippen molar-refractivity contribution < 1.29 is 31.9 Å². The second kappa shape index (κ2) is 9.54. The normalized spacial score (nSPS) is 14.8. The molecule has 1 heterocycles. The third kappa shape index (κ3) is 5.66. The number of benzene rings is 2. The van der Waals surface area contributed by atoms with Crippen LogP contribution >= 0.6 is 0 Å². The Morgan fingerprint density at radius 3 is 2.39 bits per heavy atom. The van der Waals surface area contributed by atoms with Crippen LogP contribution in [-0.4, -0.2) is 57.5 Å². The van der Waals surface area contributed by atoms with Gasteiger partial charge in [-0.1, -0.05) is 6.07 Å². The van der Waals surface area contributed by atoms with E-state index in [9.17, 15) is 22.4 Å². The van der Waals surface area contributed by atoms with Gasteiger partial charge in [0.2, 0.25) is 10.0 Å². The zero-order valence-corrected chi connectivity index (χ0v) is 18.0. The molecule has 2 aromatic rings. The molecule has 1 amide bonds. The molecule has 3 rings (SSSR count). The molecule has 0 aliphatic carbocycles. The maximum Gasteiger partial charge on any atom is 0.338 e. The molecule has 8 nitrogen and oxygen atoms in total. The summed E-state index contributed by atoms with van der Waals surface area (Å²) in [6.45, 7) is 3.80. The van der Waals surface area contributed by atoms with Gasteiger partial charge in [0.05, 0.1) is 18.8 Å². The maximum absolute atomic E-state index is 14.3. The van der Waals surface area contributed by atoms with Gasteiger partial charge in [0.25, 0.3) is 5.91 Å². The molecule has 0 spiro atoms. The lowest BCUT2D eigenvalue weighted by Crippen LogP contribution is -2.41. The molecule has 1 saturated heterocycles. The predicted molar refractivity (Wildman–Crippen MR) is 111 cm³/mol. The number of esters is 1. The minimum absolute atomic E-state index is 0.0923. The topological polar surface area (TPSA) is 102 Å². The van der Waals surface area contributed by atoms with Gasteiger partial charge >= 0.3 is 5.97 Å². The van der Waals surface area contributed by atoms with Crippen LogP contribution in [0.5, 0.6) is 0 Å². The lowest BCUT2D eigenvalue weighted by Gasteiger charge is -2.26. The fraction of sp³-hybridized carbons (Fsp3) is 0.333. The summed E-state index contributed by atoms with van der Waals surface area (Å²) in [7, 11) is -4.14. The van der Waals surface area contributed by atoms with Crippen molar-refractivity contribution in [3.05, 3.63) is 58.9 Å². The van der Waals surface area contributed by atoms with E-state index < -0.39 is 39.2 Å². The van der Waals surface area contributed by atoms with Gasteiger partial charge in [-0.15, -0.1) is 0 Å². The number of carbonyl (C=O) groups is 2. The number of nitrogens with one attached hydrogen (secondary N) is 1. The highest BCUT2D eigenvalue weighted by Gasteiger charge is 2.30. The molecule has 1 fully saturated rings. The van der Waals surface area contributed by atoms with Gasteiger partial charge in [0.1, 0.15) is 10.7 Å². The fourth-order valence-corrected chi connectivity index (χ4v) is 4.71. The standard InChI is InChI=1S/C21H23FN2O6S/c1-14-9-15(2)11-17(10-14)23-20(25)13-30-21(26)16-3-4-18(22)19(12-16)31(27,28)24-5-7-29-8-6-24/h3-4,9-12H,5-8,13H2,1-2H3,(H,23,25). The lowest BCUT2D eigenvalue weighted by atomic mass is 10.1. The minimum atomic E-state index is -4.14. The number of nitrogens with zero attached hydrogens (tertiary/aromatic N) is 1. The summed E-state index contributed by atoms with van der Waals surface area (Å²) in [5.41, 5.74) is 2.33. The van der Waals surface area contributed by atoms with Gasteiger partial charge in [-0.2, -0.15) is 4.31 Å². The van der Waals surface area contributed by atoms with Gasteiger partial charge < -0.3 is 14.8 Å². The van der Waals surface area contributed by atoms with Gasteiger partial charge in [-0.25, -0.2) is 17.6 Å². The summed E-state index contributed by atoms with van der Waals surface area (Å²) in [4.78, 5) is 23.8. The molecule has 0 saturated carbocycles. The van der Waals surface area contributed by atoms with E-state index in [1.807, 2.05) is 19.9 Å². The maximum atomic E-state index is 14.3. The average Bonchev–Trinajstić information content (AvgIpc) is 2.72. The Labute approximate surface area is 180 Å². The van der Waals surface area contributed by atoms with Crippen molar-refractivity contribution in [2.24, 2.45) is 0 Å². The van der Waals surface area contributed by atoms with Crippen LogP contribution < -0.4 is 5.32 Å². The van der Waals surface area contributed by atoms with E-state index in [1.165, 1.54) is 0 Å². The van der Waals surface area contributed by atoms with E-state index in [0.29, 0.717) is 5.69 Å². The summed E-state index contributed by atoms with van der Waals surface area (Å²) in [6, 6.07) is 8.42. The summed E-state index contributed by atoms with van der Waals surface area (Å²) in [5, 5.41) is 2.63. The second-order valence-corrected chi connectivity index (χ2v) is 9.07. The predicted octanol–water partition coefficient (Wildman–Crippen LogP) is 2.26. The molecule has 0 aromatic heterocycles. The molecular weight excluding hydrogens is 427 g/mol. The van der Waals surface area contributed by atoms with Crippen molar-refractivity contribution in [2.75, 3.05) is 38.2 Å². The quantitative estimate of drug-likeness (QED) is 0.678. The largest absolute Gasteiger partial charge is 0.452 e. The number of halogens is 1. The van der Waals surface area contributed by atoms with Crippen LogP contribution in [0.1, 0.15) is 21.5 Å². The molecule has 0 atom stereocenters. The summed E-state index contributed by atoms with van der Waals surface area (Å²) < 4.78 is 50.9. The van der Waals surface area contributed by atoms with E-state index >= 15 is 0 Å². The number of ether oxygens (including phenoxy) is 2. The molecule has 0 radical (unpaired) electrons. The van der Waals surface area contributed by atoms with Crippen molar-refractivity contribution in [2.45, 2.75) is 18.7 Å². The van der Waals surface area contributed by atoms with Crippen molar-refractivity contribution in [3.8, 4) is 0 Å². The van der Waals surface area contributed by atoms with E-state index in [-0.39, 0.29) is 31.9 Å². The molecule has 166 valence electrons. The van der Waals surface area contributed by atoms with Gasteiger partial charge in [-0.3, -0.25) is 4.79 Å². The van der Waals surface area contributed by atoms with Crippen LogP contribution in [0.4, 0.5) is 10.1 Å². The molecule has 31 heavy (non-hydrogen) atoms. The van der Waals surface area contributed by atoms with E-state index in [1.54, 1.807) is 12.1 Å². The van der Waals surface area contributed by atoms with E-state index in [2.05, 4.69) is 5.32 Å². The van der Waals surface area contributed by atoms with Crippen LogP contribution in [0.2, 0.25) is 0 Å². The third-order valence-corrected chi connectivity index (χ3v) is 6.51. The highest BCUT2D eigenvalue weighted by molar-refractivity contribution is 7.89. The molecule has 0 bridgehead atoms. The number of rotatable bonds is 6. The van der Waals surface area contributed by atoms with Gasteiger partial charge in [-0.05, 0) is 55.3 Å². The Bertz CT molecular complexity index is 1080. The minimum Gasteiger partial charge on any atom is -0.452 e. The fourth-order valence-electron chi connectivity index (χ4n) is 3.21. The van der Waals surface area contributed by atoms with Crippen molar-refractivity contribution in [1.29, 1.82) is 0 Å². The Morgan fingerprint density at radius 1 is 1.10 bits per heavy atom. The first kappa shape index (κ1) is 22.9. The number of anilines is 1. The Morgan fingerprint density at radius 2 is 1.74 bits per heavy atom. The summed E-state index contributed by atoms with van der Waals surface area (Å²) in [5.74, 6) is -2.47. The summed E-state index contributed by atoms with van der Waals surface area (Å²) in [6.07, 6.45) is 0. The first-order valence-electron chi connectivity index (χ1n) is 9.59. The number of carbonyl (C=O) groups excluding carboxylic acids is 2. The zero-order valence-electron chi connectivity index (χ0n) is 17.2. The molecule has 1 aliphatic heterocycles. The van der Waals surface area contributed by atoms with Crippen LogP contribution in [0, 0.1) is 19.7 Å². The molecular formula is C21H23FN2O6S. The molecule has 1 N–H and O–H groups in total. The number of aryl methyl sites for hydroxylation is 2. The van der Waals surface area contributed by atoms with Crippen LogP contribution in [0.3, 0.4) is 0 Å². The lowest BCUT2D eigenvalue weighted by molar-refractivity contribution is -0.119. The van der Waals surface area contributed by atoms with Crippen LogP contribution in [0.25, 0.3) is 0 Å². The smallest absolute Gasteiger partial charge is 0.338 e. The highest BCUT2D eigenvalue weighted by atomic mass is 32.2. The Hall–Kier alpha value is -2.82. The number of sulfonamides is 1. The Kier molecular flexibility index (Phi) is 7.04. The number of amides is 1. The Balaban J connectivity index is 1.68. The molecule has 10 heteroatoms. The third-order valence-electron chi connectivity index (χ3n) is 4.59. The highest BCUT2D eigenvalue weighted by Crippen LogP contribution is 2.22. The first-order valence-corrected chi connectivity index (χ1v) is 11.0. The van der Waals surface area contributed by atoms with Crippen molar-refractivity contribution in [1.82, 2.24) is 4.31 Å². The average molecular weight is 450 g/mol. The first-order chi connectivity index (χ1) is 14.7. The second-order valence-electron chi connectivity index (χ2n) is 7.16. The van der Waals surface area contributed by atoms with Gasteiger partial charge in [0, 0.05) is 18.8 Å². The SMILES string of the molecule is Cc1cc(C)cc(NC(=O)COC(=O)c2ccc(F)c(S(=O)(=O)N3CCOCC3)c2)c1. The molecule has 1 aliphatic rings. The monoisotopic (exact) mass is 450 g/mol. The van der Waals surface area contributed by atoms with E-state index in [0.717, 1.165) is 33.6 Å². The molecule has 0 unspecified atom stereocenters. The molecule has 2 aromatic carbocycles. The van der Waals surface area contributed by atoms with Crippen molar-refractivity contribution >= 4 is 27.6 Å². The number of hydrogen-bond donors (Lipinski definition) is 1. The van der Waals surface area contributed by atoms with E-state index in [4.69, 9.17) is 9.47 Å². The number of morpholine rings is 1. The van der Waals surface area contributed by atoms with Crippen molar-refractivity contribution in [3.63, 3.8) is 0 Å². The van der Waals surface area contributed by atoms with Crippen LogP contribution in [0.15, 0.2) is 41.3 Å². The van der Waals surface area contributed by atoms with Gasteiger partial charge in [0.15, 0.2) is 6.61 Å². The van der Waals surface area contributed by atoms with Crippen LogP contribution in [-0.2, 0) is 24.3 Å². The number of hydrogen-bond acceptors (Lipinski definition) is 6. The summed E-state index contributed by atoms with van der Waals surface area (Å²) >= 11 is 0.